The predicted octanol–water partition coefficient (Wildman–Crippen LogP) is 1.62. The Morgan fingerprint density at radius 1 is 1.04 bits per heavy atom. The number of carbonyl (C=O) groups is 1. The minimum Gasteiger partial charge on any atom is -0.323 e. The van der Waals surface area contributed by atoms with Crippen molar-refractivity contribution in [3.05, 3.63) is 77.9 Å². The number of aromatic nitrogens is 5. The van der Waals surface area contributed by atoms with E-state index < -0.39 is 0 Å². The van der Waals surface area contributed by atoms with Crippen LogP contribution < -0.4 is 10.9 Å². The average Bonchev–Trinajstić information content (AvgIpc) is 3.19. The summed E-state index contributed by atoms with van der Waals surface area (Å²) in [5, 5.41) is 7.36. The fraction of sp³-hybridized carbons (Fsp3) is 0.0556. The van der Waals surface area contributed by atoms with Gasteiger partial charge in [0.05, 0.1) is 28.6 Å². The Morgan fingerprint density at radius 2 is 1.85 bits per heavy atom. The summed E-state index contributed by atoms with van der Waals surface area (Å²) in [7, 11) is 0. The van der Waals surface area contributed by atoms with E-state index in [0.29, 0.717) is 22.3 Å². The summed E-state index contributed by atoms with van der Waals surface area (Å²) in [5.74, 6) is -0.336. The first-order chi connectivity index (χ1) is 12.7. The second-order valence-corrected chi connectivity index (χ2v) is 5.60. The molecule has 26 heavy (non-hydrogen) atoms. The lowest BCUT2D eigenvalue weighted by atomic mass is 10.2. The molecule has 2 aromatic carbocycles. The number of fused-ring (bicyclic) bond motifs is 1. The molecule has 2 aromatic heterocycles. The van der Waals surface area contributed by atoms with E-state index in [0.717, 1.165) is 0 Å². The monoisotopic (exact) mass is 346 g/mol. The summed E-state index contributed by atoms with van der Waals surface area (Å²) in [6.07, 6.45) is 4.34. The number of rotatable bonds is 4. The molecule has 128 valence electrons. The minimum absolute atomic E-state index is 0.137. The summed E-state index contributed by atoms with van der Waals surface area (Å²) in [5.41, 5.74) is 1.60. The van der Waals surface area contributed by atoms with Crippen LogP contribution in [0, 0.1) is 0 Å². The van der Waals surface area contributed by atoms with E-state index in [-0.39, 0.29) is 18.0 Å². The molecule has 0 unspecified atom stereocenters. The lowest BCUT2D eigenvalue weighted by Crippen LogP contribution is -2.28. The Bertz CT molecular complexity index is 1130. The van der Waals surface area contributed by atoms with Crippen molar-refractivity contribution in [1.82, 2.24) is 24.3 Å². The van der Waals surface area contributed by atoms with Crippen LogP contribution in [0.2, 0.25) is 0 Å². The van der Waals surface area contributed by atoms with E-state index in [1.54, 1.807) is 41.3 Å². The maximum absolute atomic E-state index is 12.5. The quantitative estimate of drug-likeness (QED) is 0.606. The molecule has 1 amide bonds. The van der Waals surface area contributed by atoms with Crippen LogP contribution in [-0.2, 0) is 11.3 Å². The molecular weight excluding hydrogens is 332 g/mol. The molecule has 8 heteroatoms. The number of hydrogen-bond donors (Lipinski definition) is 1. The van der Waals surface area contributed by atoms with E-state index in [9.17, 15) is 9.59 Å². The first-order valence-electron chi connectivity index (χ1n) is 7.90. The zero-order valence-corrected chi connectivity index (χ0v) is 13.6. The fourth-order valence-electron chi connectivity index (χ4n) is 2.67. The maximum Gasteiger partial charge on any atom is 0.261 e. The average molecular weight is 346 g/mol. The second-order valence-electron chi connectivity index (χ2n) is 5.60. The van der Waals surface area contributed by atoms with Gasteiger partial charge in [-0.1, -0.05) is 24.3 Å². The van der Waals surface area contributed by atoms with E-state index in [1.807, 2.05) is 18.2 Å². The number of nitrogens with zero attached hydrogens (tertiary/aromatic N) is 5. The highest BCUT2D eigenvalue weighted by molar-refractivity contribution is 5.92. The molecule has 0 saturated heterocycles. The van der Waals surface area contributed by atoms with Gasteiger partial charge in [-0.05, 0) is 24.3 Å². The van der Waals surface area contributed by atoms with Gasteiger partial charge >= 0.3 is 0 Å². The molecule has 0 spiro atoms. The molecule has 0 radical (unpaired) electrons. The zero-order chi connectivity index (χ0) is 17.9. The third kappa shape index (κ3) is 2.95. The number of benzene rings is 2. The number of para-hydroxylation sites is 3. The van der Waals surface area contributed by atoms with Crippen LogP contribution in [0.3, 0.4) is 0 Å². The van der Waals surface area contributed by atoms with Gasteiger partial charge in [-0.15, -0.1) is 0 Å². The molecule has 0 aliphatic carbocycles. The van der Waals surface area contributed by atoms with Crippen LogP contribution >= 0.6 is 0 Å². The lowest BCUT2D eigenvalue weighted by molar-refractivity contribution is -0.116. The third-order valence-corrected chi connectivity index (χ3v) is 3.89. The van der Waals surface area contributed by atoms with Crippen LogP contribution in [0.25, 0.3) is 16.6 Å². The number of nitrogens with one attached hydrogen (secondary N) is 1. The highest BCUT2D eigenvalue weighted by atomic mass is 16.2. The highest BCUT2D eigenvalue weighted by Crippen LogP contribution is 2.18. The summed E-state index contributed by atoms with van der Waals surface area (Å²) in [6.45, 7) is -0.137. The van der Waals surface area contributed by atoms with E-state index in [4.69, 9.17) is 0 Å². The molecule has 0 fully saturated rings. The van der Waals surface area contributed by atoms with Gasteiger partial charge in [-0.2, -0.15) is 5.10 Å². The van der Waals surface area contributed by atoms with Crippen LogP contribution in [0.15, 0.2) is 72.3 Å². The Balaban J connectivity index is 1.59. The largest absolute Gasteiger partial charge is 0.323 e. The molecule has 4 rings (SSSR count). The van der Waals surface area contributed by atoms with Crippen molar-refractivity contribution in [2.45, 2.75) is 6.54 Å². The summed E-state index contributed by atoms with van der Waals surface area (Å²) in [4.78, 5) is 33.1. The third-order valence-electron chi connectivity index (χ3n) is 3.89. The summed E-state index contributed by atoms with van der Waals surface area (Å²) >= 11 is 0. The molecular formula is C18H14N6O2. The zero-order valence-electron chi connectivity index (χ0n) is 13.6. The Morgan fingerprint density at radius 3 is 2.69 bits per heavy atom. The van der Waals surface area contributed by atoms with Gasteiger partial charge in [-0.25, -0.2) is 14.6 Å². The minimum atomic E-state index is -0.336. The van der Waals surface area contributed by atoms with Gasteiger partial charge in [0, 0.05) is 0 Å². The van der Waals surface area contributed by atoms with Crippen LogP contribution in [0.1, 0.15) is 0 Å². The predicted molar refractivity (Wildman–Crippen MR) is 96.0 cm³/mol. The van der Waals surface area contributed by atoms with E-state index in [2.05, 4.69) is 20.4 Å². The number of carbonyl (C=O) groups excluding carboxylic acids is 1. The van der Waals surface area contributed by atoms with Crippen molar-refractivity contribution in [3.8, 4) is 5.69 Å². The van der Waals surface area contributed by atoms with Crippen LogP contribution in [-0.4, -0.2) is 30.2 Å². The van der Waals surface area contributed by atoms with Crippen molar-refractivity contribution >= 4 is 22.5 Å². The van der Waals surface area contributed by atoms with Gasteiger partial charge in [0.15, 0.2) is 0 Å². The number of anilines is 1. The molecule has 0 aliphatic heterocycles. The molecule has 0 bridgehead atoms. The number of hydrogen-bond acceptors (Lipinski definition) is 5. The Kier molecular flexibility index (Phi) is 3.98. The SMILES string of the molecule is O=C(Cn1cnc2ccccc2c1=O)Nc1ccccc1-n1cncn1. The molecule has 4 aromatic rings. The van der Waals surface area contributed by atoms with Crippen molar-refractivity contribution in [1.29, 1.82) is 0 Å². The molecule has 0 aliphatic rings. The van der Waals surface area contributed by atoms with Crippen molar-refractivity contribution in [2.24, 2.45) is 0 Å². The fourth-order valence-corrected chi connectivity index (χ4v) is 2.67. The first-order valence-corrected chi connectivity index (χ1v) is 7.90. The van der Waals surface area contributed by atoms with Crippen molar-refractivity contribution in [2.75, 3.05) is 5.32 Å². The standard InChI is InChI=1S/C18H14N6O2/c25-17(9-23-12-20-14-6-2-1-5-13(14)18(23)26)22-15-7-3-4-8-16(15)24-11-19-10-21-24/h1-8,10-12H,9H2,(H,22,25). The molecule has 1 N–H and O–H groups in total. The van der Waals surface area contributed by atoms with Gasteiger partial charge in [0.2, 0.25) is 5.91 Å². The van der Waals surface area contributed by atoms with Crippen LogP contribution in [0.4, 0.5) is 5.69 Å². The maximum atomic E-state index is 12.5. The Labute approximate surface area is 147 Å². The topological polar surface area (TPSA) is 94.7 Å². The van der Waals surface area contributed by atoms with Gasteiger partial charge in [0.1, 0.15) is 19.2 Å². The first kappa shape index (κ1) is 15.7. The second kappa shape index (κ2) is 6.60. The highest BCUT2D eigenvalue weighted by Gasteiger charge is 2.11. The van der Waals surface area contributed by atoms with Gasteiger partial charge < -0.3 is 5.32 Å². The Hall–Kier alpha value is -3.81. The normalized spacial score (nSPS) is 10.8. The molecule has 8 nitrogen and oxygen atoms in total. The van der Waals surface area contributed by atoms with Gasteiger partial charge in [0.25, 0.3) is 5.56 Å². The summed E-state index contributed by atoms with van der Waals surface area (Å²) < 4.78 is 2.84. The lowest BCUT2D eigenvalue weighted by Gasteiger charge is -2.11. The molecule has 0 saturated carbocycles. The van der Waals surface area contributed by atoms with Crippen molar-refractivity contribution in [3.63, 3.8) is 0 Å². The van der Waals surface area contributed by atoms with Crippen molar-refractivity contribution < 1.29 is 4.79 Å². The number of amides is 1. The molecule has 0 atom stereocenters. The molecule has 2 heterocycles. The van der Waals surface area contributed by atoms with Gasteiger partial charge in [-0.3, -0.25) is 14.2 Å². The van der Waals surface area contributed by atoms with Crippen LogP contribution in [0.5, 0.6) is 0 Å². The van der Waals surface area contributed by atoms with E-state index in [1.165, 1.54) is 17.2 Å². The smallest absolute Gasteiger partial charge is 0.261 e. The summed E-state index contributed by atoms with van der Waals surface area (Å²) in [6, 6.07) is 14.3. The van der Waals surface area contributed by atoms with E-state index >= 15 is 0 Å².